The quantitative estimate of drug-likeness (QED) is 0.481. The molecule has 0 radical (unpaired) electrons. The third kappa shape index (κ3) is 0.756. The van der Waals surface area contributed by atoms with Crippen molar-refractivity contribution in [2.45, 2.75) is 25.7 Å². The Kier molecular flexibility index (Phi) is 1.26. The molecule has 2 rings (SSSR count). The summed E-state index contributed by atoms with van der Waals surface area (Å²) in [4.78, 5) is 0. The van der Waals surface area contributed by atoms with Crippen LogP contribution < -0.4 is 0 Å². The van der Waals surface area contributed by atoms with Crippen molar-refractivity contribution in [2.24, 2.45) is 0 Å². The van der Waals surface area contributed by atoms with Crippen LogP contribution >= 0.6 is 0 Å². The Labute approximate surface area is 61.9 Å². The fraction of sp³-hybridized carbons (Fsp3) is 0.400. The summed E-state index contributed by atoms with van der Waals surface area (Å²) in [6.45, 7) is 3.81. The van der Waals surface area contributed by atoms with E-state index in [1.807, 2.05) is 6.08 Å². The predicted molar refractivity (Wildman–Crippen MR) is 43.8 cm³/mol. The average molecular weight is 132 g/mol. The monoisotopic (exact) mass is 132 g/mol. The molecule has 1 saturated carbocycles. The van der Waals surface area contributed by atoms with Gasteiger partial charge in [0, 0.05) is 0 Å². The minimum Gasteiger partial charge on any atom is -0.0988 e. The van der Waals surface area contributed by atoms with E-state index in [1.54, 1.807) is 11.1 Å². The molecule has 0 N–H and O–H groups in total. The van der Waals surface area contributed by atoms with Gasteiger partial charge >= 0.3 is 0 Å². The molecule has 0 aromatic carbocycles. The van der Waals surface area contributed by atoms with Gasteiger partial charge < -0.3 is 0 Å². The third-order valence-electron chi connectivity index (χ3n) is 2.50. The van der Waals surface area contributed by atoms with Crippen molar-refractivity contribution in [1.29, 1.82) is 0 Å². The van der Waals surface area contributed by atoms with E-state index in [2.05, 4.69) is 12.7 Å². The number of fused-ring (bicyclic) bond motifs is 2. The van der Waals surface area contributed by atoms with Gasteiger partial charge in [0.15, 0.2) is 0 Å². The van der Waals surface area contributed by atoms with Crippen molar-refractivity contribution >= 4 is 0 Å². The molecule has 0 atom stereocenters. The van der Waals surface area contributed by atoms with Gasteiger partial charge in [-0.05, 0) is 31.3 Å². The molecule has 10 heavy (non-hydrogen) atoms. The summed E-state index contributed by atoms with van der Waals surface area (Å²) in [6.07, 6.45) is 9.40. The van der Waals surface area contributed by atoms with Crippen molar-refractivity contribution in [3.05, 3.63) is 35.5 Å². The van der Waals surface area contributed by atoms with Gasteiger partial charge in [-0.2, -0.15) is 0 Å². The van der Waals surface area contributed by atoms with Crippen LogP contribution in [0.1, 0.15) is 25.7 Å². The molecule has 0 spiro atoms. The summed E-state index contributed by atoms with van der Waals surface area (Å²) in [5.74, 6) is 0. The largest absolute Gasteiger partial charge is 0.0988 e. The molecular weight excluding hydrogens is 120 g/mol. The Hall–Kier alpha value is -0.780. The second-order valence-corrected chi connectivity index (χ2v) is 3.08. The van der Waals surface area contributed by atoms with E-state index >= 15 is 0 Å². The van der Waals surface area contributed by atoms with Gasteiger partial charge in [-0.15, -0.1) is 0 Å². The molecule has 0 aliphatic heterocycles. The molecule has 0 saturated heterocycles. The maximum Gasteiger partial charge on any atom is -0.00952 e. The first kappa shape index (κ1) is 5.96. The summed E-state index contributed by atoms with van der Waals surface area (Å²) in [5, 5.41) is 0. The van der Waals surface area contributed by atoms with Crippen LogP contribution in [0.3, 0.4) is 0 Å². The van der Waals surface area contributed by atoms with Gasteiger partial charge in [0.25, 0.3) is 0 Å². The molecule has 0 aromatic heterocycles. The highest BCUT2D eigenvalue weighted by atomic mass is 14.2. The molecule has 0 amide bonds. The van der Waals surface area contributed by atoms with E-state index in [4.69, 9.17) is 0 Å². The van der Waals surface area contributed by atoms with Crippen LogP contribution in [-0.4, -0.2) is 0 Å². The van der Waals surface area contributed by atoms with E-state index in [-0.39, 0.29) is 0 Å². The van der Waals surface area contributed by atoms with E-state index in [0.29, 0.717) is 0 Å². The fourth-order valence-corrected chi connectivity index (χ4v) is 1.84. The lowest BCUT2D eigenvalue weighted by atomic mass is 9.98. The van der Waals surface area contributed by atoms with Crippen molar-refractivity contribution in [3.8, 4) is 0 Å². The first-order valence-corrected chi connectivity index (χ1v) is 3.91. The van der Waals surface area contributed by atoms with E-state index in [1.165, 1.54) is 24.8 Å². The average Bonchev–Trinajstić information content (AvgIpc) is 2.34. The number of hydrogen-bond acceptors (Lipinski definition) is 0. The Morgan fingerprint density at radius 3 is 3.10 bits per heavy atom. The van der Waals surface area contributed by atoms with Crippen molar-refractivity contribution in [3.63, 3.8) is 0 Å². The minimum absolute atomic E-state index is 1.15. The molecule has 0 heterocycles. The molecule has 0 heteroatoms. The summed E-state index contributed by atoms with van der Waals surface area (Å²) in [5.41, 5.74) is 4.79. The van der Waals surface area contributed by atoms with E-state index < -0.39 is 0 Å². The van der Waals surface area contributed by atoms with Gasteiger partial charge in [0.05, 0.1) is 0 Å². The standard InChI is InChI=1S/C10H12/c1-2-9-5-3-8-4-6-10(9)7-8/h2-3H,1,4-7H2. The lowest BCUT2D eigenvalue weighted by Crippen LogP contribution is -1.88. The lowest BCUT2D eigenvalue weighted by molar-refractivity contribution is 1.05. The molecule has 2 aliphatic carbocycles. The molecule has 2 aliphatic rings. The Morgan fingerprint density at radius 2 is 2.30 bits per heavy atom. The summed E-state index contributed by atoms with van der Waals surface area (Å²) in [6, 6.07) is 0. The number of hydrogen-bond donors (Lipinski definition) is 0. The highest BCUT2D eigenvalue weighted by molar-refractivity contribution is 5.39. The van der Waals surface area contributed by atoms with Crippen LogP contribution in [-0.2, 0) is 0 Å². The van der Waals surface area contributed by atoms with Crippen LogP contribution in [0.2, 0.25) is 0 Å². The highest BCUT2D eigenvalue weighted by Gasteiger charge is 2.18. The van der Waals surface area contributed by atoms with Gasteiger partial charge in [-0.3, -0.25) is 0 Å². The second kappa shape index (κ2) is 2.12. The Balaban J connectivity index is 2.36. The molecular formula is C10H12. The molecule has 1 fully saturated rings. The number of rotatable bonds is 1. The van der Waals surface area contributed by atoms with E-state index in [9.17, 15) is 0 Å². The van der Waals surface area contributed by atoms with Crippen LogP contribution in [0.4, 0.5) is 0 Å². The first-order valence-electron chi connectivity index (χ1n) is 3.91. The predicted octanol–water partition coefficient (Wildman–Crippen LogP) is 2.98. The zero-order valence-corrected chi connectivity index (χ0v) is 6.19. The van der Waals surface area contributed by atoms with Crippen molar-refractivity contribution < 1.29 is 0 Å². The van der Waals surface area contributed by atoms with Crippen LogP contribution in [0.25, 0.3) is 0 Å². The summed E-state index contributed by atoms with van der Waals surface area (Å²) >= 11 is 0. The molecule has 0 aromatic rings. The van der Waals surface area contributed by atoms with Gasteiger partial charge in [-0.1, -0.05) is 29.9 Å². The van der Waals surface area contributed by atoms with E-state index in [0.717, 1.165) is 6.42 Å². The maximum atomic E-state index is 3.81. The molecule has 52 valence electrons. The first-order chi connectivity index (χ1) is 4.90. The van der Waals surface area contributed by atoms with Gasteiger partial charge in [0.2, 0.25) is 0 Å². The normalized spacial score (nSPS) is 23.0. The van der Waals surface area contributed by atoms with Crippen LogP contribution in [0.15, 0.2) is 35.5 Å². The lowest BCUT2D eigenvalue weighted by Gasteiger charge is -2.07. The Bertz CT molecular complexity index is 228. The molecule has 2 bridgehead atoms. The van der Waals surface area contributed by atoms with Crippen molar-refractivity contribution in [2.75, 3.05) is 0 Å². The Morgan fingerprint density at radius 1 is 1.40 bits per heavy atom. The van der Waals surface area contributed by atoms with Gasteiger partial charge in [-0.25, -0.2) is 0 Å². The molecule has 0 nitrogen and oxygen atoms in total. The SMILES string of the molecule is C=CC1=C2CCC(=CC1)C2. The van der Waals surface area contributed by atoms with Crippen LogP contribution in [0, 0.1) is 0 Å². The minimum atomic E-state index is 1.15. The second-order valence-electron chi connectivity index (χ2n) is 3.08. The highest BCUT2D eigenvalue weighted by Crippen LogP contribution is 2.37. The maximum absolute atomic E-state index is 3.81. The third-order valence-corrected chi connectivity index (χ3v) is 2.50. The topological polar surface area (TPSA) is 0 Å². The summed E-state index contributed by atoms with van der Waals surface area (Å²) in [7, 11) is 0. The smallest absolute Gasteiger partial charge is 0.00952 e. The molecule has 0 unspecified atom stereocenters. The van der Waals surface area contributed by atoms with Gasteiger partial charge in [0.1, 0.15) is 0 Å². The number of allylic oxidation sites excluding steroid dienone is 5. The zero-order chi connectivity index (χ0) is 6.97. The van der Waals surface area contributed by atoms with Crippen molar-refractivity contribution in [1.82, 2.24) is 0 Å². The zero-order valence-electron chi connectivity index (χ0n) is 6.19. The fourth-order valence-electron chi connectivity index (χ4n) is 1.84. The van der Waals surface area contributed by atoms with Crippen LogP contribution in [0.5, 0.6) is 0 Å². The summed E-state index contributed by atoms with van der Waals surface area (Å²) < 4.78 is 0.